The normalized spacial score (nSPS) is 17.8. The maximum atomic E-state index is 12.4. The average molecular weight is 410 g/mol. The van der Waals surface area contributed by atoms with Crippen LogP contribution in [0, 0.1) is 0 Å². The van der Waals surface area contributed by atoms with Crippen molar-refractivity contribution in [2.24, 2.45) is 0 Å². The summed E-state index contributed by atoms with van der Waals surface area (Å²) in [6.45, 7) is 4.90. The van der Waals surface area contributed by atoms with Crippen molar-refractivity contribution in [3.8, 4) is 5.75 Å². The Kier molecular flexibility index (Phi) is 6.87. The Morgan fingerprint density at radius 1 is 1.13 bits per heavy atom. The highest BCUT2D eigenvalue weighted by Crippen LogP contribution is 2.30. The molecule has 2 aliphatic rings. The van der Waals surface area contributed by atoms with Gasteiger partial charge in [0.05, 0.1) is 19.3 Å². The van der Waals surface area contributed by atoms with Crippen LogP contribution in [0.4, 0.5) is 5.69 Å². The molecular weight excluding hydrogens is 378 g/mol. The van der Waals surface area contributed by atoms with E-state index in [1.54, 1.807) is 0 Å². The second kappa shape index (κ2) is 9.96. The molecule has 30 heavy (non-hydrogen) atoms. The maximum Gasteiger partial charge on any atom is 0.258 e. The summed E-state index contributed by atoms with van der Waals surface area (Å²) in [4.78, 5) is 17.2. The van der Waals surface area contributed by atoms with Gasteiger partial charge < -0.3 is 19.7 Å². The van der Waals surface area contributed by atoms with Crippen LogP contribution >= 0.6 is 0 Å². The lowest BCUT2D eigenvalue weighted by molar-refractivity contribution is -0.123. The van der Waals surface area contributed by atoms with Gasteiger partial charge in [-0.05, 0) is 42.2 Å². The first-order valence-corrected chi connectivity index (χ1v) is 10.8. The Morgan fingerprint density at radius 2 is 1.93 bits per heavy atom. The molecule has 1 amide bonds. The van der Waals surface area contributed by atoms with Gasteiger partial charge in [0.2, 0.25) is 0 Å². The zero-order chi connectivity index (χ0) is 20.8. The van der Waals surface area contributed by atoms with Gasteiger partial charge in [0, 0.05) is 38.9 Å². The van der Waals surface area contributed by atoms with Crippen molar-refractivity contribution < 1.29 is 14.3 Å². The molecule has 0 aliphatic carbocycles. The van der Waals surface area contributed by atoms with Gasteiger partial charge in [-0.1, -0.05) is 30.3 Å². The van der Waals surface area contributed by atoms with Crippen molar-refractivity contribution in [3.63, 3.8) is 0 Å². The Hall–Kier alpha value is -2.57. The van der Waals surface area contributed by atoms with Crippen molar-refractivity contribution in [1.82, 2.24) is 10.2 Å². The first-order chi connectivity index (χ1) is 14.7. The fourth-order valence-electron chi connectivity index (χ4n) is 4.29. The molecule has 1 atom stereocenters. The van der Waals surface area contributed by atoms with Crippen LogP contribution in [-0.2, 0) is 16.0 Å². The van der Waals surface area contributed by atoms with Crippen LogP contribution < -0.4 is 15.0 Å². The smallest absolute Gasteiger partial charge is 0.258 e. The number of nitrogens with zero attached hydrogens (tertiary/aromatic N) is 2. The molecule has 0 spiro atoms. The lowest BCUT2D eigenvalue weighted by Gasteiger charge is -2.36. The lowest BCUT2D eigenvalue weighted by Crippen LogP contribution is -2.44. The number of para-hydroxylation sites is 1. The molecule has 0 saturated carbocycles. The van der Waals surface area contributed by atoms with Gasteiger partial charge in [0.25, 0.3) is 5.91 Å². The first-order valence-electron chi connectivity index (χ1n) is 10.8. The average Bonchev–Trinajstić information content (AvgIpc) is 2.79. The van der Waals surface area contributed by atoms with Crippen LogP contribution in [0.1, 0.15) is 23.6 Å². The number of anilines is 1. The molecule has 0 radical (unpaired) electrons. The number of rotatable bonds is 7. The van der Waals surface area contributed by atoms with Crippen molar-refractivity contribution in [2.45, 2.75) is 18.9 Å². The third-order valence-corrected chi connectivity index (χ3v) is 5.93. The Bertz CT molecular complexity index is 837. The number of nitrogens with one attached hydrogen (secondary N) is 1. The summed E-state index contributed by atoms with van der Waals surface area (Å²) in [5.41, 5.74) is 3.99. The number of amides is 1. The highest BCUT2D eigenvalue weighted by molar-refractivity contribution is 5.77. The quantitative estimate of drug-likeness (QED) is 0.762. The van der Waals surface area contributed by atoms with Crippen LogP contribution in [0.15, 0.2) is 48.5 Å². The molecule has 160 valence electrons. The molecule has 6 heteroatoms. The van der Waals surface area contributed by atoms with Crippen molar-refractivity contribution in [1.29, 1.82) is 0 Å². The summed E-state index contributed by atoms with van der Waals surface area (Å²) >= 11 is 0. The van der Waals surface area contributed by atoms with Gasteiger partial charge in [-0.3, -0.25) is 9.69 Å². The minimum absolute atomic E-state index is 0.0226. The number of fused-ring (bicyclic) bond motifs is 1. The molecule has 2 aliphatic heterocycles. The molecular formula is C24H31N3O3. The number of ether oxygens (including phenoxy) is 2. The van der Waals surface area contributed by atoms with Crippen molar-refractivity contribution >= 4 is 11.6 Å². The second-order valence-electron chi connectivity index (χ2n) is 7.98. The standard InChI is InChI=1S/C24H31N3O3/c1-26-11-5-6-19-16-20(9-10-22(19)26)23(27-12-14-29-15-13-27)17-25-24(28)18-30-21-7-3-2-4-8-21/h2-4,7-10,16,23H,5-6,11-15,17-18H2,1H3,(H,25,28)/t23-/m0/s1. The minimum atomic E-state index is -0.102. The number of hydrogen-bond acceptors (Lipinski definition) is 5. The molecule has 0 aromatic heterocycles. The molecule has 1 fully saturated rings. The van der Waals surface area contributed by atoms with E-state index in [0.717, 1.165) is 39.3 Å². The van der Waals surface area contributed by atoms with Gasteiger partial charge in [0.15, 0.2) is 6.61 Å². The van der Waals surface area contributed by atoms with Gasteiger partial charge in [-0.25, -0.2) is 0 Å². The molecule has 6 nitrogen and oxygen atoms in total. The highest BCUT2D eigenvalue weighted by atomic mass is 16.5. The van der Waals surface area contributed by atoms with E-state index in [1.807, 2.05) is 30.3 Å². The summed E-state index contributed by atoms with van der Waals surface area (Å²) in [7, 11) is 2.16. The molecule has 2 aromatic rings. The summed E-state index contributed by atoms with van der Waals surface area (Å²) in [6, 6.07) is 16.3. The molecule has 2 aromatic carbocycles. The van der Waals surface area contributed by atoms with Crippen LogP contribution in [0.25, 0.3) is 0 Å². The van der Waals surface area contributed by atoms with Crippen LogP contribution in [0.5, 0.6) is 5.75 Å². The summed E-state index contributed by atoms with van der Waals surface area (Å²) in [5.74, 6) is 0.603. The second-order valence-corrected chi connectivity index (χ2v) is 7.98. The molecule has 2 heterocycles. The molecule has 1 N–H and O–H groups in total. The molecule has 0 bridgehead atoms. The predicted octanol–water partition coefficient (Wildman–Crippen LogP) is 2.64. The van der Waals surface area contributed by atoms with Gasteiger partial charge in [-0.2, -0.15) is 0 Å². The van der Waals surface area contributed by atoms with Crippen LogP contribution in [0.3, 0.4) is 0 Å². The Labute approximate surface area is 178 Å². The van der Waals surface area contributed by atoms with E-state index in [4.69, 9.17) is 9.47 Å². The van der Waals surface area contributed by atoms with Crippen LogP contribution in [0.2, 0.25) is 0 Å². The van der Waals surface area contributed by atoms with Crippen LogP contribution in [-0.4, -0.2) is 63.9 Å². The maximum absolute atomic E-state index is 12.4. The number of carbonyl (C=O) groups is 1. The lowest BCUT2D eigenvalue weighted by atomic mass is 9.95. The topological polar surface area (TPSA) is 54.0 Å². The van der Waals surface area contributed by atoms with E-state index in [1.165, 1.54) is 23.2 Å². The predicted molar refractivity (Wildman–Crippen MR) is 118 cm³/mol. The zero-order valence-electron chi connectivity index (χ0n) is 17.7. The monoisotopic (exact) mass is 409 g/mol. The van der Waals surface area contributed by atoms with E-state index in [-0.39, 0.29) is 18.6 Å². The van der Waals surface area contributed by atoms with E-state index in [2.05, 4.69) is 40.4 Å². The first kappa shape index (κ1) is 20.7. The van der Waals surface area contributed by atoms with Gasteiger partial charge in [0.1, 0.15) is 5.75 Å². The summed E-state index contributed by atoms with van der Waals surface area (Å²) in [6.07, 6.45) is 2.29. The summed E-state index contributed by atoms with van der Waals surface area (Å²) in [5, 5.41) is 3.08. The Morgan fingerprint density at radius 3 is 2.73 bits per heavy atom. The number of aryl methyl sites for hydroxylation is 1. The molecule has 0 unspecified atom stereocenters. The van der Waals surface area contributed by atoms with Gasteiger partial charge in [-0.15, -0.1) is 0 Å². The largest absolute Gasteiger partial charge is 0.484 e. The number of carbonyl (C=O) groups excluding carboxylic acids is 1. The number of morpholine rings is 1. The molecule has 1 saturated heterocycles. The third-order valence-electron chi connectivity index (χ3n) is 5.93. The number of benzene rings is 2. The van der Waals surface area contributed by atoms with E-state index >= 15 is 0 Å². The van der Waals surface area contributed by atoms with Crippen molar-refractivity contribution in [3.05, 3.63) is 59.7 Å². The van der Waals surface area contributed by atoms with E-state index in [0.29, 0.717) is 12.3 Å². The molecule has 4 rings (SSSR count). The summed E-state index contributed by atoms with van der Waals surface area (Å²) < 4.78 is 11.1. The fraction of sp³-hybridized carbons (Fsp3) is 0.458. The number of hydrogen-bond donors (Lipinski definition) is 1. The van der Waals surface area contributed by atoms with Crippen molar-refractivity contribution in [2.75, 3.05) is 57.9 Å². The fourth-order valence-corrected chi connectivity index (χ4v) is 4.29. The highest BCUT2D eigenvalue weighted by Gasteiger charge is 2.25. The van der Waals surface area contributed by atoms with E-state index < -0.39 is 0 Å². The zero-order valence-corrected chi connectivity index (χ0v) is 17.7. The third kappa shape index (κ3) is 5.12. The SMILES string of the molecule is CN1CCCc2cc([C@H](CNC(=O)COc3ccccc3)N3CCOCC3)ccc21. The van der Waals surface area contributed by atoms with E-state index in [9.17, 15) is 4.79 Å². The minimum Gasteiger partial charge on any atom is -0.484 e. The van der Waals surface area contributed by atoms with Gasteiger partial charge >= 0.3 is 0 Å². The Balaban J connectivity index is 1.43.